The molecular weight excluding hydrogens is 312 g/mol. The number of terminal acetylenes is 2. The first-order valence-electron chi connectivity index (χ1n) is 9.18. The third kappa shape index (κ3) is 4.28. The standard InChI is InChI=1S/C26H28/c1-9-20-11-22(17(3)4)15-24(13-20)26(19(7)8)25-14-21(10-2)12-23(16-25)18(5)6/h1-2,11-18H,3-8H3. The van der Waals surface area contributed by atoms with Crippen molar-refractivity contribution >= 4 is 5.57 Å². The first-order chi connectivity index (χ1) is 12.3. The van der Waals surface area contributed by atoms with Crippen LogP contribution in [-0.4, -0.2) is 0 Å². The van der Waals surface area contributed by atoms with E-state index in [4.69, 9.17) is 12.8 Å². The lowest BCUT2D eigenvalue weighted by molar-refractivity contribution is 0.864. The van der Waals surface area contributed by atoms with Crippen LogP contribution >= 0.6 is 0 Å². The van der Waals surface area contributed by atoms with Crippen LogP contribution in [0.25, 0.3) is 5.57 Å². The summed E-state index contributed by atoms with van der Waals surface area (Å²) in [5.41, 5.74) is 9.13. The first kappa shape index (κ1) is 19.6. The smallest absolute Gasteiger partial charge is 0.0251 e. The van der Waals surface area contributed by atoms with Crippen LogP contribution in [-0.2, 0) is 0 Å². The van der Waals surface area contributed by atoms with Gasteiger partial charge in [0.25, 0.3) is 0 Å². The second-order valence-electron chi connectivity index (χ2n) is 7.66. The average Bonchev–Trinajstić information content (AvgIpc) is 2.60. The lowest BCUT2D eigenvalue weighted by Gasteiger charge is -2.17. The minimum atomic E-state index is 0.420. The molecule has 26 heavy (non-hydrogen) atoms. The zero-order chi connectivity index (χ0) is 19.4. The summed E-state index contributed by atoms with van der Waals surface area (Å²) in [4.78, 5) is 0. The van der Waals surface area contributed by atoms with Gasteiger partial charge in [0.15, 0.2) is 0 Å². The van der Waals surface area contributed by atoms with Crippen molar-refractivity contribution in [2.24, 2.45) is 0 Å². The highest BCUT2D eigenvalue weighted by Gasteiger charge is 2.13. The van der Waals surface area contributed by atoms with E-state index in [1.165, 1.54) is 22.3 Å². The molecule has 0 bridgehead atoms. The Labute approximate surface area is 159 Å². The number of hydrogen-bond acceptors (Lipinski definition) is 0. The maximum Gasteiger partial charge on any atom is 0.0251 e. The Bertz CT molecular complexity index is 846. The predicted octanol–water partition coefficient (Wildman–Crippen LogP) is 6.74. The van der Waals surface area contributed by atoms with E-state index in [1.807, 2.05) is 0 Å². The molecule has 0 saturated carbocycles. The molecule has 0 spiro atoms. The summed E-state index contributed by atoms with van der Waals surface area (Å²) in [5, 5.41) is 0. The third-order valence-corrected chi connectivity index (χ3v) is 4.65. The van der Waals surface area contributed by atoms with E-state index < -0.39 is 0 Å². The summed E-state index contributed by atoms with van der Waals surface area (Å²) in [6.07, 6.45) is 11.4. The SMILES string of the molecule is C#Cc1cc(C(=C(C)C)c2cc(C#C)cc(C(C)C)c2)cc(C(C)C)c1. The van der Waals surface area contributed by atoms with Crippen molar-refractivity contribution < 1.29 is 0 Å². The van der Waals surface area contributed by atoms with Crippen LogP contribution in [0.15, 0.2) is 42.0 Å². The van der Waals surface area contributed by atoms with Gasteiger partial charge < -0.3 is 0 Å². The maximum absolute atomic E-state index is 5.72. The molecule has 132 valence electrons. The molecule has 0 radical (unpaired) electrons. The van der Waals surface area contributed by atoms with E-state index in [1.54, 1.807) is 0 Å². The van der Waals surface area contributed by atoms with E-state index in [0.29, 0.717) is 11.8 Å². The zero-order valence-electron chi connectivity index (χ0n) is 16.8. The van der Waals surface area contributed by atoms with Crippen LogP contribution in [0.3, 0.4) is 0 Å². The molecule has 2 aromatic carbocycles. The van der Waals surface area contributed by atoms with E-state index >= 15 is 0 Å². The summed E-state index contributed by atoms with van der Waals surface area (Å²) < 4.78 is 0. The van der Waals surface area contributed by atoms with Gasteiger partial charge >= 0.3 is 0 Å². The molecule has 2 aromatic rings. The van der Waals surface area contributed by atoms with Gasteiger partial charge in [0, 0.05) is 11.1 Å². The Hall–Kier alpha value is -2.70. The molecule has 2 rings (SSSR count). The highest BCUT2D eigenvalue weighted by Crippen LogP contribution is 2.32. The molecule has 0 N–H and O–H groups in total. The predicted molar refractivity (Wildman–Crippen MR) is 114 cm³/mol. The number of hydrogen-bond donors (Lipinski definition) is 0. The number of rotatable bonds is 4. The lowest BCUT2D eigenvalue weighted by Crippen LogP contribution is -1.99. The summed E-state index contributed by atoms with van der Waals surface area (Å²) in [7, 11) is 0. The van der Waals surface area contributed by atoms with Crippen LogP contribution in [0, 0.1) is 24.7 Å². The Morgan fingerprint density at radius 1 is 0.692 bits per heavy atom. The van der Waals surface area contributed by atoms with E-state index in [-0.39, 0.29) is 0 Å². The fourth-order valence-corrected chi connectivity index (χ4v) is 3.17. The van der Waals surface area contributed by atoms with E-state index in [9.17, 15) is 0 Å². The highest BCUT2D eigenvalue weighted by molar-refractivity contribution is 5.83. The van der Waals surface area contributed by atoms with Crippen LogP contribution in [0.2, 0.25) is 0 Å². The van der Waals surface area contributed by atoms with Crippen molar-refractivity contribution in [1.29, 1.82) is 0 Å². The van der Waals surface area contributed by atoms with Gasteiger partial charge in [0.05, 0.1) is 0 Å². The van der Waals surface area contributed by atoms with Gasteiger partial charge in [0.1, 0.15) is 0 Å². The molecule has 0 aliphatic rings. The number of allylic oxidation sites excluding steroid dienone is 1. The summed E-state index contributed by atoms with van der Waals surface area (Å²) in [6.45, 7) is 13.1. The average molecular weight is 341 g/mol. The van der Waals surface area contributed by atoms with Gasteiger partial charge in [-0.15, -0.1) is 12.8 Å². The molecule has 0 aromatic heterocycles. The first-order valence-corrected chi connectivity index (χ1v) is 9.18. The summed E-state index contributed by atoms with van der Waals surface area (Å²) >= 11 is 0. The molecule has 0 heteroatoms. The Morgan fingerprint density at radius 2 is 1.08 bits per heavy atom. The van der Waals surface area contributed by atoms with Crippen molar-refractivity contribution in [2.45, 2.75) is 53.4 Å². The maximum atomic E-state index is 5.72. The summed E-state index contributed by atoms with van der Waals surface area (Å²) in [5.74, 6) is 6.45. The van der Waals surface area contributed by atoms with Gasteiger partial charge in [-0.3, -0.25) is 0 Å². The minimum absolute atomic E-state index is 0.420. The third-order valence-electron chi connectivity index (χ3n) is 4.65. The Kier molecular flexibility index (Phi) is 6.13. The molecule has 0 atom stereocenters. The Morgan fingerprint density at radius 3 is 1.35 bits per heavy atom. The van der Waals surface area contributed by atoms with Gasteiger partial charge in [0.2, 0.25) is 0 Å². The quantitative estimate of drug-likeness (QED) is 0.541. The Balaban J connectivity index is 2.76. The molecule has 0 aliphatic heterocycles. The van der Waals surface area contributed by atoms with Crippen LogP contribution < -0.4 is 0 Å². The van der Waals surface area contributed by atoms with Gasteiger partial charge in [-0.05, 0) is 77.8 Å². The molecule has 0 amide bonds. The molecule has 0 aliphatic carbocycles. The van der Waals surface area contributed by atoms with Crippen LogP contribution in [0.4, 0.5) is 0 Å². The van der Waals surface area contributed by atoms with Crippen molar-refractivity contribution in [3.63, 3.8) is 0 Å². The van der Waals surface area contributed by atoms with E-state index in [0.717, 1.165) is 22.3 Å². The molecular formula is C26H28. The highest BCUT2D eigenvalue weighted by atomic mass is 14.2. The minimum Gasteiger partial charge on any atom is -0.115 e. The van der Waals surface area contributed by atoms with Crippen molar-refractivity contribution in [1.82, 2.24) is 0 Å². The lowest BCUT2D eigenvalue weighted by atomic mass is 9.87. The molecule has 0 heterocycles. The second-order valence-corrected chi connectivity index (χ2v) is 7.66. The summed E-state index contributed by atoms with van der Waals surface area (Å²) in [6, 6.07) is 12.9. The topological polar surface area (TPSA) is 0 Å². The van der Waals surface area contributed by atoms with Gasteiger partial charge in [-0.1, -0.05) is 57.2 Å². The fraction of sp³-hybridized carbons (Fsp3) is 0.308. The molecule has 0 fully saturated rings. The fourth-order valence-electron chi connectivity index (χ4n) is 3.17. The second kappa shape index (κ2) is 8.12. The van der Waals surface area contributed by atoms with Crippen molar-refractivity contribution in [2.75, 3.05) is 0 Å². The monoisotopic (exact) mass is 340 g/mol. The largest absolute Gasteiger partial charge is 0.115 e. The van der Waals surface area contributed by atoms with E-state index in [2.05, 4.69) is 89.8 Å². The van der Waals surface area contributed by atoms with Crippen LogP contribution in [0.1, 0.15) is 86.8 Å². The van der Waals surface area contributed by atoms with Crippen molar-refractivity contribution in [3.05, 3.63) is 75.4 Å². The van der Waals surface area contributed by atoms with Crippen molar-refractivity contribution in [3.8, 4) is 24.7 Å². The zero-order valence-corrected chi connectivity index (χ0v) is 16.8. The van der Waals surface area contributed by atoms with Gasteiger partial charge in [-0.2, -0.15) is 0 Å². The number of benzene rings is 2. The molecule has 0 saturated heterocycles. The normalized spacial score (nSPS) is 10.5. The molecule has 0 unspecified atom stereocenters. The molecule has 0 nitrogen and oxygen atoms in total. The van der Waals surface area contributed by atoms with Crippen LogP contribution in [0.5, 0.6) is 0 Å². The van der Waals surface area contributed by atoms with Gasteiger partial charge in [-0.25, -0.2) is 0 Å².